The molecule has 0 bridgehead atoms. The highest BCUT2D eigenvalue weighted by atomic mass is 16.5. The highest BCUT2D eigenvalue weighted by Gasteiger charge is 2.01. The first-order valence-electron chi connectivity index (χ1n) is 4.86. The Bertz CT molecular complexity index is 264. The van der Waals surface area contributed by atoms with E-state index in [1.807, 2.05) is 26.0 Å². The largest absolute Gasteiger partial charge is 0.491 e. The van der Waals surface area contributed by atoms with Gasteiger partial charge in [0.15, 0.2) is 0 Å². The second-order valence-electron chi connectivity index (χ2n) is 3.89. The van der Waals surface area contributed by atoms with Crippen molar-refractivity contribution in [3.05, 3.63) is 29.8 Å². The van der Waals surface area contributed by atoms with Gasteiger partial charge in [-0.05, 0) is 37.5 Å². The Morgan fingerprint density at radius 3 is 2.31 bits per heavy atom. The number of benzene rings is 1. The van der Waals surface area contributed by atoms with Crippen LogP contribution >= 0.6 is 0 Å². The van der Waals surface area contributed by atoms with Crippen molar-refractivity contribution in [2.24, 2.45) is 0 Å². The van der Waals surface area contributed by atoms with Crippen LogP contribution in [0, 0.1) is 0 Å². The van der Waals surface area contributed by atoms with Crippen molar-refractivity contribution in [3.8, 4) is 5.75 Å². The number of rotatable bonds is 3. The van der Waals surface area contributed by atoms with Gasteiger partial charge in [-0.2, -0.15) is 0 Å². The van der Waals surface area contributed by atoms with Gasteiger partial charge in [0.1, 0.15) is 5.75 Å². The Morgan fingerprint density at radius 2 is 1.77 bits per heavy atom. The van der Waals surface area contributed by atoms with Crippen molar-refractivity contribution in [2.75, 3.05) is 0 Å². The highest BCUT2D eigenvalue weighted by molar-refractivity contribution is 5.30. The predicted molar refractivity (Wildman–Crippen MR) is 56.3 cm³/mol. The molecule has 1 nitrogen and oxygen atoms in total. The van der Waals surface area contributed by atoms with Crippen LogP contribution in [-0.2, 0) is 0 Å². The van der Waals surface area contributed by atoms with E-state index in [0.29, 0.717) is 5.92 Å². The van der Waals surface area contributed by atoms with Gasteiger partial charge in [0.25, 0.3) is 0 Å². The van der Waals surface area contributed by atoms with E-state index in [2.05, 4.69) is 26.0 Å². The molecule has 0 radical (unpaired) electrons. The highest BCUT2D eigenvalue weighted by Crippen LogP contribution is 2.20. The topological polar surface area (TPSA) is 9.23 Å². The molecule has 0 amide bonds. The zero-order valence-corrected chi connectivity index (χ0v) is 8.87. The minimum Gasteiger partial charge on any atom is -0.491 e. The van der Waals surface area contributed by atoms with Gasteiger partial charge in [-0.15, -0.1) is 0 Å². The summed E-state index contributed by atoms with van der Waals surface area (Å²) in [5.41, 5.74) is 1.33. The van der Waals surface area contributed by atoms with Crippen molar-refractivity contribution < 1.29 is 4.74 Å². The smallest absolute Gasteiger partial charge is 0.119 e. The molecule has 1 heteroatoms. The third-order valence-corrected chi connectivity index (χ3v) is 1.90. The minimum absolute atomic E-state index is 0.252. The maximum atomic E-state index is 5.60. The summed E-state index contributed by atoms with van der Waals surface area (Å²) >= 11 is 0. The summed E-state index contributed by atoms with van der Waals surface area (Å²) in [6.45, 7) is 8.47. The average molecular weight is 178 g/mol. The monoisotopic (exact) mass is 178 g/mol. The Kier molecular flexibility index (Phi) is 3.35. The minimum atomic E-state index is 0.252. The van der Waals surface area contributed by atoms with E-state index in [9.17, 15) is 0 Å². The van der Waals surface area contributed by atoms with Gasteiger partial charge in [-0.25, -0.2) is 0 Å². The maximum Gasteiger partial charge on any atom is 0.119 e. The molecular weight excluding hydrogens is 160 g/mol. The molecule has 0 fully saturated rings. The molecule has 0 aromatic heterocycles. The van der Waals surface area contributed by atoms with Crippen LogP contribution in [0.2, 0.25) is 0 Å². The SMILES string of the molecule is CC(C)Oc1cccc(C(C)C)c1. The molecule has 0 spiro atoms. The molecule has 1 aromatic carbocycles. The van der Waals surface area contributed by atoms with Crippen molar-refractivity contribution >= 4 is 0 Å². The molecule has 13 heavy (non-hydrogen) atoms. The van der Waals surface area contributed by atoms with Crippen LogP contribution < -0.4 is 4.74 Å². The van der Waals surface area contributed by atoms with E-state index < -0.39 is 0 Å². The average Bonchev–Trinajstić information content (AvgIpc) is 2.03. The van der Waals surface area contributed by atoms with Gasteiger partial charge >= 0.3 is 0 Å². The lowest BCUT2D eigenvalue weighted by atomic mass is 10.0. The van der Waals surface area contributed by atoms with Crippen molar-refractivity contribution in [3.63, 3.8) is 0 Å². The van der Waals surface area contributed by atoms with Gasteiger partial charge in [0.2, 0.25) is 0 Å². The number of hydrogen-bond donors (Lipinski definition) is 0. The van der Waals surface area contributed by atoms with E-state index in [1.54, 1.807) is 0 Å². The first kappa shape index (κ1) is 10.1. The van der Waals surface area contributed by atoms with Crippen LogP contribution in [0.25, 0.3) is 0 Å². The van der Waals surface area contributed by atoms with Crippen LogP contribution in [0.1, 0.15) is 39.2 Å². The lowest BCUT2D eigenvalue weighted by molar-refractivity contribution is 0.242. The summed E-state index contributed by atoms with van der Waals surface area (Å²) in [7, 11) is 0. The molecule has 1 rings (SSSR count). The number of hydrogen-bond acceptors (Lipinski definition) is 1. The zero-order valence-electron chi connectivity index (χ0n) is 8.87. The first-order valence-corrected chi connectivity index (χ1v) is 4.86. The summed E-state index contributed by atoms with van der Waals surface area (Å²) in [5.74, 6) is 1.54. The normalized spacial score (nSPS) is 10.9. The predicted octanol–water partition coefficient (Wildman–Crippen LogP) is 3.60. The maximum absolute atomic E-state index is 5.60. The van der Waals surface area contributed by atoms with Crippen molar-refractivity contribution in [1.82, 2.24) is 0 Å². The molecule has 0 aliphatic heterocycles. The lowest BCUT2D eigenvalue weighted by Crippen LogP contribution is -2.05. The summed E-state index contributed by atoms with van der Waals surface area (Å²) < 4.78 is 5.60. The van der Waals surface area contributed by atoms with Crippen molar-refractivity contribution in [2.45, 2.75) is 39.7 Å². The second kappa shape index (κ2) is 4.31. The third-order valence-electron chi connectivity index (χ3n) is 1.90. The molecule has 0 unspecified atom stereocenters. The molecule has 0 aliphatic carbocycles. The van der Waals surface area contributed by atoms with Crippen LogP contribution in [0.15, 0.2) is 24.3 Å². The zero-order chi connectivity index (χ0) is 9.84. The summed E-state index contributed by atoms with van der Waals surface area (Å²) in [6.07, 6.45) is 0.252. The molecule has 0 saturated heterocycles. The fourth-order valence-corrected chi connectivity index (χ4v) is 1.22. The summed E-state index contributed by atoms with van der Waals surface area (Å²) in [5, 5.41) is 0. The Morgan fingerprint density at radius 1 is 1.08 bits per heavy atom. The second-order valence-corrected chi connectivity index (χ2v) is 3.89. The molecule has 0 N–H and O–H groups in total. The Balaban J connectivity index is 2.79. The molecular formula is C12H18O. The van der Waals surface area contributed by atoms with Gasteiger partial charge in [-0.3, -0.25) is 0 Å². The van der Waals surface area contributed by atoms with Crippen molar-refractivity contribution in [1.29, 1.82) is 0 Å². The fourth-order valence-electron chi connectivity index (χ4n) is 1.22. The van der Waals surface area contributed by atoms with Crippen LogP contribution in [0.3, 0.4) is 0 Å². The van der Waals surface area contributed by atoms with E-state index >= 15 is 0 Å². The summed E-state index contributed by atoms with van der Waals surface area (Å²) in [4.78, 5) is 0. The summed E-state index contributed by atoms with van der Waals surface area (Å²) in [6, 6.07) is 8.31. The fraction of sp³-hybridized carbons (Fsp3) is 0.500. The van der Waals surface area contributed by atoms with Gasteiger partial charge in [0.05, 0.1) is 6.10 Å². The third kappa shape index (κ3) is 3.10. The molecule has 72 valence electrons. The van der Waals surface area contributed by atoms with Gasteiger partial charge < -0.3 is 4.74 Å². The molecule has 0 atom stereocenters. The van der Waals surface area contributed by atoms with E-state index in [-0.39, 0.29) is 6.10 Å². The van der Waals surface area contributed by atoms with Crippen LogP contribution in [0.5, 0.6) is 5.75 Å². The molecule has 1 aromatic rings. The Hall–Kier alpha value is -0.980. The first-order chi connectivity index (χ1) is 6.09. The molecule has 0 heterocycles. The van der Waals surface area contributed by atoms with E-state index in [0.717, 1.165) is 5.75 Å². The Labute approximate surface area is 80.7 Å². The van der Waals surface area contributed by atoms with Gasteiger partial charge in [-0.1, -0.05) is 26.0 Å². The van der Waals surface area contributed by atoms with Crippen LogP contribution in [0.4, 0.5) is 0 Å². The number of ether oxygens (including phenoxy) is 1. The quantitative estimate of drug-likeness (QED) is 0.687. The van der Waals surface area contributed by atoms with Gasteiger partial charge in [0, 0.05) is 0 Å². The lowest BCUT2D eigenvalue weighted by Gasteiger charge is -2.12. The van der Waals surface area contributed by atoms with E-state index in [4.69, 9.17) is 4.74 Å². The van der Waals surface area contributed by atoms with E-state index in [1.165, 1.54) is 5.56 Å². The van der Waals surface area contributed by atoms with Crippen LogP contribution in [-0.4, -0.2) is 6.10 Å². The molecule has 0 aliphatic rings. The molecule has 0 saturated carbocycles. The standard InChI is InChI=1S/C12H18O/c1-9(2)11-6-5-7-12(8-11)13-10(3)4/h5-10H,1-4H3.